The number of non-ortho nitro benzene ring substituents is 1. The second kappa shape index (κ2) is 6.61. The third-order valence-electron chi connectivity index (χ3n) is 3.07. The maximum absolute atomic E-state index is 12.0. The summed E-state index contributed by atoms with van der Waals surface area (Å²) in [7, 11) is 1.33. The van der Waals surface area contributed by atoms with Crippen molar-refractivity contribution in [3.05, 3.63) is 63.7 Å². The summed E-state index contributed by atoms with van der Waals surface area (Å²) in [6.45, 7) is 0. The summed E-state index contributed by atoms with van der Waals surface area (Å²) in [6.07, 6.45) is 2.62. The lowest BCUT2D eigenvalue weighted by atomic mass is 10.1. The lowest BCUT2D eigenvalue weighted by Crippen LogP contribution is -1.96. The van der Waals surface area contributed by atoms with E-state index < -0.39 is 16.5 Å². The highest BCUT2D eigenvalue weighted by molar-refractivity contribution is 6.07. The second-order valence-corrected chi connectivity index (χ2v) is 4.60. The Bertz CT molecular complexity index is 797. The number of benzene rings is 2. The molecule has 0 bridgehead atoms. The fourth-order valence-electron chi connectivity index (χ4n) is 1.91. The molecule has 23 heavy (non-hydrogen) atoms. The first kappa shape index (κ1) is 16.0. The SMILES string of the molecule is COc1cc(C=CC(=O)c2cccc([N+](=O)[O-])c2)cc(O)c1O. The van der Waals surface area contributed by atoms with E-state index >= 15 is 0 Å². The van der Waals surface area contributed by atoms with Gasteiger partial charge in [-0.1, -0.05) is 18.2 Å². The molecule has 0 aliphatic carbocycles. The average molecular weight is 315 g/mol. The van der Waals surface area contributed by atoms with Crippen LogP contribution in [0.25, 0.3) is 6.08 Å². The summed E-state index contributed by atoms with van der Waals surface area (Å²) in [5.74, 6) is -1.14. The first-order valence-corrected chi connectivity index (χ1v) is 6.49. The minimum Gasteiger partial charge on any atom is -0.504 e. The summed E-state index contributed by atoms with van der Waals surface area (Å²) in [5, 5.41) is 29.8. The van der Waals surface area contributed by atoms with Crippen molar-refractivity contribution in [3.8, 4) is 17.2 Å². The predicted octanol–water partition coefficient (Wildman–Crippen LogP) is 2.91. The van der Waals surface area contributed by atoms with Crippen LogP contribution in [-0.2, 0) is 0 Å². The highest BCUT2D eigenvalue weighted by atomic mass is 16.6. The van der Waals surface area contributed by atoms with Gasteiger partial charge >= 0.3 is 0 Å². The predicted molar refractivity (Wildman–Crippen MR) is 82.8 cm³/mol. The maximum Gasteiger partial charge on any atom is 0.270 e. The molecule has 0 saturated heterocycles. The zero-order chi connectivity index (χ0) is 17.0. The molecule has 2 N–H and O–H groups in total. The van der Waals surface area contributed by atoms with Crippen molar-refractivity contribution in [3.63, 3.8) is 0 Å². The maximum atomic E-state index is 12.0. The molecule has 0 aromatic heterocycles. The van der Waals surface area contributed by atoms with Gasteiger partial charge in [0.05, 0.1) is 12.0 Å². The van der Waals surface area contributed by atoms with Crippen LogP contribution in [0.2, 0.25) is 0 Å². The van der Waals surface area contributed by atoms with Gasteiger partial charge in [-0.2, -0.15) is 0 Å². The lowest BCUT2D eigenvalue weighted by Gasteiger charge is -2.06. The van der Waals surface area contributed by atoms with Gasteiger partial charge in [-0.15, -0.1) is 0 Å². The highest BCUT2D eigenvalue weighted by Gasteiger charge is 2.11. The van der Waals surface area contributed by atoms with Gasteiger partial charge in [0.1, 0.15) is 0 Å². The van der Waals surface area contributed by atoms with Gasteiger partial charge in [-0.25, -0.2) is 0 Å². The van der Waals surface area contributed by atoms with E-state index in [2.05, 4.69) is 0 Å². The standard InChI is InChI=1S/C16H13NO6/c1-23-15-8-10(7-14(19)16(15)20)5-6-13(18)11-3-2-4-12(9-11)17(21)22/h2-9,19-20H,1H3. The van der Waals surface area contributed by atoms with E-state index in [0.29, 0.717) is 5.56 Å². The van der Waals surface area contributed by atoms with E-state index in [1.165, 1.54) is 55.7 Å². The van der Waals surface area contributed by atoms with Crippen molar-refractivity contribution >= 4 is 17.5 Å². The molecule has 0 saturated carbocycles. The number of nitrogens with zero attached hydrogens (tertiary/aromatic N) is 1. The van der Waals surface area contributed by atoms with Gasteiger partial charge in [-0.05, 0) is 23.8 Å². The normalized spacial score (nSPS) is 10.7. The molecular weight excluding hydrogens is 302 g/mol. The highest BCUT2D eigenvalue weighted by Crippen LogP contribution is 2.36. The minimum atomic E-state index is -0.580. The van der Waals surface area contributed by atoms with E-state index in [4.69, 9.17) is 4.74 Å². The first-order chi connectivity index (χ1) is 10.9. The average Bonchev–Trinajstić information content (AvgIpc) is 2.55. The monoisotopic (exact) mass is 315 g/mol. The van der Waals surface area contributed by atoms with E-state index in [9.17, 15) is 25.1 Å². The Morgan fingerprint density at radius 3 is 2.65 bits per heavy atom. The van der Waals surface area contributed by atoms with Crippen molar-refractivity contribution in [2.75, 3.05) is 7.11 Å². The van der Waals surface area contributed by atoms with Crippen LogP contribution in [-0.4, -0.2) is 28.0 Å². The van der Waals surface area contributed by atoms with Gasteiger partial charge < -0.3 is 14.9 Å². The second-order valence-electron chi connectivity index (χ2n) is 4.60. The van der Waals surface area contributed by atoms with Gasteiger partial charge in [0.15, 0.2) is 17.3 Å². The summed E-state index contributed by atoms with van der Waals surface area (Å²) in [6, 6.07) is 8.06. The molecule has 0 spiro atoms. The van der Waals surface area contributed by atoms with Gasteiger partial charge in [0.2, 0.25) is 5.75 Å². The van der Waals surface area contributed by atoms with E-state index in [0.717, 1.165) is 0 Å². The van der Waals surface area contributed by atoms with Crippen LogP contribution in [0.5, 0.6) is 17.2 Å². The molecule has 0 atom stereocenters. The molecule has 0 radical (unpaired) electrons. The van der Waals surface area contributed by atoms with Gasteiger partial charge in [0, 0.05) is 17.7 Å². The smallest absolute Gasteiger partial charge is 0.270 e. The molecule has 0 fully saturated rings. The van der Waals surface area contributed by atoms with Crippen LogP contribution < -0.4 is 4.74 Å². The lowest BCUT2D eigenvalue weighted by molar-refractivity contribution is -0.384. The van der Waals surface area contributed by atoms with Crippen molar-refractivity contribution in [1.29, 1.82) is 0 Å². The third-order valence-corrected chi connectivity index (χ3v) is 3.07. The zero-order valence-corrected chi connectivity index (χ0v) is 12.1. The molecular formula is C16H13NO6. The number of carbonyl (C=O) groups excluding carboxylic acids is 1. The summed E-state index contributed by atoms with van der Waals surface area (Å²) >= 11 is 0. The summed E-state index contributed by atoms with van der Waals surface area (Å²) in [5.41, 5.74) is 0.426. The molecule has 0 aliphatic rings. The fourth-order valence-corrected chi connectivity index (χ4v) is 1.91. The topological polar surface area (TPSA) is 110 Å². The van der Waals surface area contributed by atoms with Crippen molar-refractivity contribution in [1.82, 2.24) is 0 Å². The van der Waals surface area contributed by atoms with E-state index in [1.54, 1.807) is 0 Å². The number of hydrogen-bond acceptors (Lipinski definition) is 6. The molecule has 0 heterocycles. The Kier molecular flexibility index (Phi) is 4.61. The fraction of sp³-hybridized carbons (Fsp3) is 0.0625. The first-order valence-electron chi connectivity index (χ1n) is 6.49. The molecule has 0 unspecified atom stereocenters. The van der Waals surface area contributed by atoms with Gasteiger partial charge in [-0.3, -0.25) is 14.9 Å². The Morgan fingerprint density at radius 1 is 1.26 bits per heavy atom. The number of rotatable bonds is 5. The van der Waals surface area contributed by atoms with Crippen molar-refractivity contribution in [2.24, 2.45) is 0 Å². The quantitative estimate of drug-likeness (QED) is 0.288. The number of allylic oxidation sites excluding steroid dienone is 1. The number of hydrogen-bond donors (Lipinski definition) is 2. The van der Waals surface area contributed by atoms with Crippen molar-refractivity contribution < 1.29 is 24.7 Å². The van der Waals surface area contributed by atoms with Crippen molar-refractivity contribution in [2.45, 2.75) is 0 Å². The molecule has 7 heteroatoms. The Labute approximate surface area is 131 Å². The van der Waals surface area contributed by atoms with Crippen LogP contribution in [0.4, 0.5) is 5.69 Å². The van der Waals surface area contributed by atoms with Crippen LogP contribution in [0.3, 0.4) is 0 Å². The number of nitro groups is 1. The Morgan fingerprint density at radius 2 is 2.00 bits per heavy atom. The minimum absolute atomic E-state index is 0.0625. The molecule has 118 valence electrons. The number of methoxy groups -OCH3 is 1. The molecule has 2 rings (SSSR count). The van der Waals surface area contributed by atoms with Crippen LogP contribution in [0.1, 0.15) is 15.9 Å². The van der Waals surface area contributed by atoms with Crippen LogP contribution in [0.15, 0.2) is 42.5 Å². The molecule has 7 nitrogen and oxygen atoms in total. The molecule has 0 aliphatic heterocycles. The number of aromatic hydroxyl groups is 2. The molecule has 2 aromatic carbocycles. The number of carbonyl (C=O) groups is 1. The number of nitro benzene ring substituents is 1. The summed E-state index contributed by atoms with van der Waals surface area (Å²) < 4.78 is 4.90. The third kappa shape index (κ3) is 3.65. The Hall–Kier alpha value is -3.35. The van der Waals surface area contributed by atoms with Crippen LogP contribution in [0, 0.1) is 10.1 Å². The Balaban J connectivity index is 2.26. The number of ether oxygens (including phenoxy) is 1. The van der Waals surface area contributed by atoms with Crippen LogP contribution >= 0.6 is 0 Å². The van der Waals surface area contributed by atoms with E-state index in [-0.39, 0.29) is 22.7 Å². The van der Waals surface area contributed by atoms with Gasteiger partial charge in [0.25, 0.3) is 5.69 Å². The van der Waals surface area contributed by atoms with E-state index in [1.807, 2.05) is 0 Å². The molecule has 2 aromatic rings. The zero-order valence-electron chi connectivity index (χ0n) is 12.1. The number of ketones is 1. The largest absolute Gasteiger partial charge is 0.504 e. The molecule has 0 amide bonds. The number of phenols is 2. The number of phenolic OH excluding ortho intramolecular Hbond substituents is 2. The summed E-state index contributed by atoms with van der Waals surface area (Å²) in [4.78, 5) is 22.2.